The van der Waals surface area contributed by atoms with Crippen molar-refractivity contribution in [2.45, 2.75) is 32.2 Å². The summed E-state index contributed by atoms with van der Waals surface area (Å²) in [6, 6.07) is 13.7. The largest absolute Gasteiger partial charge is 0.508 e. The number of amides is 1. The molecule has 1 aromatic heterocycles. The maximum atomic E-state index is 12.5. The minimum atomic E-state index is -0.764. The number of para-hydroxylation sites is 1. The van der Waals surface area contributed by atoms with E-state index in [2.05, 4.69) is 10.3 Å². The van der Waals surface area contributed by atoms with Crippen LogP contribution in [0.2, 0.25) is 0 Å². The molecule has 0 unspecified atom stereocenters. The fraction of sp³-hybridized carbons (Fsp3) is 0.273. The molecule has 0 saturated heterocycles. The van der Waals surface area contributed by atoms with Gasteiger partial charge in [-0.05, 0) is 42.7 Å². The normalized spacial score (nSPS) is 11.9. The van der Waals surface area contributed by atoms with Crippen LogP contribution >= 0.6 is 0 Å². The van der Waals surface area contributed by atoms with E-state index < -0.39 is 12.0 Å². The molecule has 3 N–H and O–H groups in total. The highest BCUT2D eigenvalue weighted by Crippen LogP contribution is 2.19. The van der Waals surface area contributed by atoms with Crippen molar-refractivity contribution in [1.82, 2.24) is 10.3 Å². The zero-order valence-corrected chi connectivity index (χ0v) is 15.8. The van der Waals surface area contributed by atoms with Gasteiger partial charge in [0, 0.05) is 29.9 Å². The second-order valence-corrected chi connectivity index (χ2v) is 6.60. The number of aromatic amines is 1. The van der Waals surface area contributed by atoms with E-state index >= 15 is 0 Å². The van der Waals surface area contributed by atoms with E-state index in [1.54, 1.807) is 31.2 Å². The molecule has 3 aromatic rings. The van der Waals surface area contributed by atoms with Gasteiger partial charge in [-0.15, -0.1) is 0 Å². The van der Waals surface area contributed by atoms with E-state index in [4.69, 9.17) is 4.74 Å². The first-order valence-electron chi connectivity index (χ1n) is 9.35. The van der Waals surface area contributed by atoms with Crippen molar-refractivity contribution in [1.29, 1.82) is 0 Å². The number of carbonyl (C=O) groups excluding carboxylic acids is 2. The molecule has 0 radical (unpaired) electrons. The molecule has 1 atom stereocenters. The van der Waals surface area contributed by atoms with E-state index in [0.29, 0.717) is 12.8 Å². The molecular formula is C22H24N2O4. The standard InChI is InChI=1S/C22H24N2O4/c1-2-28-22(27)20(13-15-7-10-17(25)11-8-15)24-21(26)12-9-16-14-23-19-6-4-3-5-18(16)19/h3-8,10-11,14,20,23,25H,2,9,12-13H2,1H3,(H,24,26)/t20-/m1/s1. The molecule has 0 aliphatic heterocycles. The molecule has 2 aromatic carbocycles. The number of phenolic OH excluding ortho intramolecular Hbond substituents is 1. The number of fused-ring (bicyclic) bond motifs is 1. The van der Waals surface area contributed by atoms with E-state index in [9.17, 15) is 14.7 Å². The summed E-state index contributed by atoms with van der Waals surface area (Å²) in [6.45, 7) is 1.98. The summed E-state index contributed by atoms with van der Waals surface area (Å²) in [7, 11) is 0. The minimum Gasteiger partial charge on any atom is -0.508 e. The summed E-state index contributed by atoms with van der Waals surface area (Å²) < 4.78 is 5.10. The Balaban J connectivity index is 1.63. The Morgan fingerprint density at radius 3 is 2.64 bits per heavy atom. The fourth-order valence-corrected chi connectivity index (χ4v) is 3.16. The van der Waals surface area contributed by atoms with Crippen molar-refractivity contribution in [2.75, 3.05) is 6.61 Å². The predicted molar refractivity (Wildman–Crippen MR) is 107 cm³/mol. The number of hydrogen-bond acceptors (Lipinski definition) is 4. The predicted octanol–water partition coefficient (Wildman–Crippen LogP) is 3.10. The van der Waals surface area contributed by atoms with Crippen LogP contribution in [0.25, 0.3) is 10.9 Å². The molecule has 1 amide bonds. The van der Waals surface area contributed by atoms with Crippen LogP contribution in [0.1, 0.15) is 24.5 Å². The van der Waals surface area contributed by atoms with Crippen LogP contribution in [-0.2, 0) is 27.2 Å². The molecule has 6 nitrogen and oxygen atoms in total. The Kier molecular flexibility index (Phi) is 6.32. The van der Waals surface area contributed by atoms with Crippen LogP contribution in [0.3, 0.4) is 0 Å². The van der Waals surface area contributed by atoms with Crippen LogP contribution in [0.4, 0.5) is 0 Å². The number of ether oxygens (including phenoxy) is 1. The highest BCUT2D eigenvalue weighted by atomic mass is 16.5. The average Bonchev–Trinajstić information content (AvgIpc) is 3.11. The quantitative estimate of drug-likeness (QED) is 0.524. The summed E-state index contributed by atoms with van der Waals surface area (Å²) in [4.78, 5) is 27.9. The number of aryl methyl sites for hydroxylation is 1. The number of esters is 1. The van der Waals surface area contributed by atoms with Crippen molar-refractivity contribution < 1.29 is 19.4 Å². The number of nitrogens with one attached hydrogen (secondary N) is 2. The summed E-state index contributed by atoms with van der Waals surface area (Å²) in [5.41, 5.74) is 2.93. The molecule has 0 fully saturated rings. The van der Waals surface area contributed by atoms with Crippen molar-refractivity contribution in [2.24, 2.45) is 0 Å². The van der Waals surface area contributed by atoms with E-state index in [-0.39, 0.29) is 24.7 Å². The SMILES string of the molecule is CCOC(=O)[C@@H](Cc1ccc(O)cc1)NC(=O)CCc1c[nH]c2ccccc12. The van der Waals surface area contributed by atoms with Gasteiger partial charge in [0.05, 0.1) is 6.61 Å². The van der Waals surface area contributed by atoms with Gasteiger partial charge >= 0.3 is 5.97 Å². The highest BCUT2D eigenvalue weighted by molar-refractivity contribution is 5.86. The lowest BCUT2D eigenvalue weighted by molar-refractivity contribution is -0.147. The zero-order chi connectivity index (χ0) is 19.9. The van der Waals surface area contributed by atoms with E-state index in [1.165, 1.54) is 0 Å². The van der Waals surface area contributed by atoms with Gasteiger partial charge in [-0.2, -0.15) is 0 Å². The van der Waals surface area contributed by atoms with Crippen LogP contribution in [0, 0.1) is 0 Å². The number of aromatic hydroxyl groups is 1. The molecule has 0 spiro atoms. The molecule has 3 rings (SSSR count). The van der Waals surface area contributed by atoms with Gasteiger partial charge in [0.2, 0.25) is 5.91 Å². The summed E-state index contributed by atoms with van der Waals surface area (Å²) >= 11 is 0. The second kappa shape index (κ2) is 9.08. The topological polar surface area (TPSA) is 91.4 Å². The molecule has 6 heteroatoms. The van der Waals surface area contributed by atoms with Crippen molar-refractivity contribution >= 4 is 22.8 Å². The first-order valence-corrected chi connectivity index (χ1v) is 9.35. The number of aromatic nitrogens is 1. The summed E-state index contributed by atoms with van der Waals surface area (Å²) in [5.74, 6) is -0.516. The molecular weight excluding hydrogens is 356 g/mol. The summed E-state index contributed by atoms with van der Waals surface area (Å²) in [6.07, 6.45) is 3.06. The Labute approximate surface area is 163 Å². The molecule has 28 heavy (non-hydrogen) atoms. The lowest BCUT2D eigenvalue weighted by atomic mass is 10.0. The van der Waals surface area contributed by atoms with Crippen LogP contribution in [0.15, 0.2) is 54.7 Å². The molecule has 0 aliphatic rings. The van der Waals surface area contributed by atoms with Gasteiger partial charge in [0.15, 0.2) is 0 Å². The lowest BCUT2D eigenvalue weighted by Gasteiger charge is -2.17. The third-order valence-corrected chi connectivity index (χ3v) is 4.58. The van der Waals surface area contributed by atoms with E-state index in [0.717, 1.165) is 22.0 Å². The van der Waals surface area contributed by atoms with E-state index in [1.807, 2.05) is 30.5 Å². The lowest BCUT2D eigenvalue weighted by Crippen LogP contribution is -2.43. The first-order chi connectivity index (χ1) is 13.6. The van der Waals surface area contributed by atoms with Crippen molar-refractivity contribution in [3.8, 4) is 5.75 Å². The van der Waals surface area contributed by atoms with Crippen molar-refractivity contribution in [3.63, 3.8) is 0 Å². The average molecular weight is 380 g/mol. The Bertz CT molecular complexity index is 947. The smallest absolute Gasteiger partial charge is 0.328 e. The van der Waals surface area contributed by atoms with Gasteiger partial charge in [-0.1, -0.05) is 30.3 Å². The zero-order valence-electron chi connectivity index (χ0n) is 15.8. The molecule has 146 valence electrons. The van der Waals surface area contributed by atoms with Gasteiger partial charge in [0.25, 0.3) is 0 Å². The number of phenols is 1. The molecule has 0 bridgehead atoms. The maximum Gasteiger partial charge on any atom is 0.328 e. The molecule has 1 heterocycles. The number of rotatable bonds is 8. The van der Waals surface area contributed by atoms with Crippen LogP contribution < -0.4 is 5.32 Å². The van der Waals surface area contributed by atoms with Gasteiger partial charge in [-0.3, -0.25) is 4.79 Å². The number of carbonyl (C=O) groups is 2. The third kappa shape index (κ3) is 4.91. The molecule has 0 aliphatic carbocycles. The monoisotopic (exact) mass is 380 g/mol. The Morgan fingerprint density at radius 2 is 1.89 bits per heavy atom. The molecule has 0 saturated carbocycles. The number of H-pyrrole nitrogens is 1. The number of hydrogen-bond donors (Lipinski definition) is 3. The van der Waals surface area contributed by atoms with Gasteiger partial charge in [-0.25, -0.2) is 4.79 Å². The Hall–Kier alpha value is -3.28. The first kappa shape index (κ1) is 19.5. The van der Waals surface area contributed by atoms with Gasteiger partial charge in [0.1, 0.15) is 11.8 Å². The number of benzene rings is 2. The minimum absolute atomic E-state index is 0.152. The maximum absolute atomic E-state index is 12.5. The van der Waals surface area contributed by atoms with Crippen LogP contribution in [-0.4, -0.2) is 34.6 Å². The fourth-order valence-electron chi connectivity index (χ4n) is 3.16. The summed E-state index contributed by atoms with van der Waals surface area (Å²) in [5, 5.41) is 13.3. The van der Waals surface area contributed by atoms with Gasteiger partial charge < -0.3 is 20.1 Å². The Morgan fingerprint density at radius 1 is 1.14 bits per heavy atom. The van der Waals surface area contributed by atoms with Crippen molar-refractivity contribution in [3.05, 3.63) is 65.9 Å². The third-order valence-electron chi connectivity index (χ3n) is 4.58. The second-order valence-electron chi connectivity index (χ2n) is 6.60. The van der Waals surface area contributed by atoms with Crippen LogP contribution in [0.5, 0.6) is 5.75 Å². The highest BCUT2D eigenvalue weighted by Gasteiger charge is 2.22.